The van der Waals surface area contributed by atoms with E-state index in [1.165, 1.54) is 0 Å². The molecule has 2 aromatic heterocycles. The van der Waals surface area contributed by atoms with E-state index in [-0.39, 0.29) is 6.42 Å². The van der Waals surface area contributed by atoms with Crippen molar-refractivity contribution in [2.45, 2.75) is 32.1 Å². The minimum Gasteiger partial charge on any atom is -0.481 e. The molecule has 4 N–H and O–H groups in total. The summed E-state index contributed by atoms with van der Waals surface area (Å²) in [5, 5.41) is 16.0. The summed E-state index contributed by atoms with van der Waals surface area (Å²) in [6.45, 7) is 0.753. The van der Waals surface area contributed by atoms with E-state index in [1.807, 2.05) is 54.6 Å². The molecule has 0 bridgehead atoms. The van der Waals surface area contributed by atoms with Crippen molar-refractivity contribution in [1.82, 2.24) is 9.97 Å². The summed E-state index contributed by atoms with van der Waals surface area (Å²) in [6, 6.07) is 17.6. The lowest BCUT2D eigenvalue weighted by atomic mass is 10.1. The number of halogens is 1. The molecule has 0 fully saturated rings. The Bertz CT molecular complexity index is 941. The van der Waals surface area contributed by atoms with E-state index < -0.39 is 5.97 Å². The van der Waals surface area contributed by atoms with Crippen LogP contribution in [0.3, 0.4) is 0 Å². The number of pyridine rings is 2. The van der Waals surface area contributed by atoms with Crippen molar-refractivity contribution in [2.75, 3.05) is 11.4 Å². The van der Waals surface area contributed by atoms with E-state index in [2.05, 4.69) is 20.8 Å². The van der Waals surface area contributed by atoms with E-state index >= 15 is 0 Å². The molecule has 0 aliphatic carbocycles. The quantitative estimate of drug-likeness (QED) is 0.288. The Kier molecular flexibility index (Phi) is 10.4. The predicted octanol–water partition coefficient (Wildman–Crippen LogP) is 5.30. The number of carboxylic acid groups (broad SMARTS) is 1. The first-order valence-corrected chi connectivity index (χ1v) is 10.4. The number of unbranched alkanes of at least 4 members (excludes halogenated alkanes) is 3. The van der Waals surface area contributed by atoms with E-state index in [9.17, 15) is 4.79 Å². The minimum atomic E-state index is -0.735. The molecule has 0 spiro atoms. The maximum atomic E-state index is 10.6. The maximum absolute atomic E-state index is 10.6. The molecular weight excluding hydrogens is 416 g/mol. The average Bonchev–Trinajstić information content (AvgIpc) is 2.81. The van der Waals surface area contributed by atoms with E-state index in [1.54, 1.807) is 12.4 Å². The number of nitrogens with zero attached hydrogens (tertiary/aromatic N) is 3. The van der Waals surface area contributed by atoms with Gasteiger partial charge in [0.2, 0.25) is 0 Å². The van der Waals surface area contributed by atoms with Crippen LogP contribution in [0.25, 0.3) is 11.1 Å². The van der Waals surface area contributed by atoms with Crippen LogP contribution in [0, 0.1) is 0 Å². The molecule has 0 amide bonds. The minimum absolute atomic E-state index is 0.228. The van der Waals surface area contributed by atoms with E-state index in [0.29, 0.717) is 11.4 Å². The van der Waals surface area contributed by atoms with Gasteiger partial charge < -0.3 is 15.2 Å². The van der Waals surface area contributed by atoms with Gasteiger partial charge in [-0.25, -0.2) is 15.9 Å². The fourth-order valence-corrected chi connectivity index (χ4v) is 3.43. The van der Waals surface area contributed by atoms with Gasteiger partial charge in [-0.15, -0.1) is 0 Å². The van der Waals surface area contributed by atoms with Crippen LogP contribution in [-0.4, -0.2) is 32.8 Å². The van der Waals surface area contributed by atoms with Crippen LogP contribution >= 0.6 is 11.6 Å². The monoisotopic (exact) mass is 442 g/mol. The lowest BCUT2D eigenvalue weighted by Crippen LogP contribution is -2.20. The van der Waals surface area contributed by atoms with Crippen LogP contribution in [0.2, 0.25) is 5.02 Å². The van der Waals surface area contributed by atoms with Gasteiger partial charge in [0.15, 0.2) is 0 Å². The topological polar surface area (TPSA) is 113 Å². The first-order valence-electron chi connectivity index (χ1n) is 10.0. The summed E-state index contributed by atoms with van der Waals surface area (Å²) in [4.78, 5) is 21.8. The van der Waals surface area contributed by atoms with Crippen LogP contribution in [0.1, 0.15) is 32.1 Å². The van der Waals surface area contributed by atoms with E-state index in [4.69, 9.17) is 21.9 Å². The highest BCUT2D eigenvalue weighted by atomic mass is 35.5. The molecule has 31 heavy (non-hydrogen) atoms. The van der Waals surface area contributed by atoms with E-state index in [0.717, 1.165) is 48.6 Å². The number of anilines is 2. The third kappa shape index (κ3) is 7.64. The summed E-state index contributed by atoms with van der Waals surface area (Å²) in [7, 11) is 0. The fraction of sp³-hybridized carbons (Fsp3) is 0.261. The lowest BCUT2D eigenvalue weighted by Gasteiger charge is -2.23. The zero-order valence-electron chi connectivity index (χ0n) is 17.2. The molecule has 0 saturated heterocycles. The second kappa shape index (κ2) is 13.3. The molecular formula is C23H27ClN4O3. The zero-order valence-corrected chi connectivity index (χ0v) is 17.9. The SMILES string of the molecule is NO.O=C(O)CCCCCCN(c1ccccn1)c1cc(-c2ccccc2Cl)ccn1. The number of nitrogens with two attached hydrogens (primary N) is 1. The lowest BCUT2D eigenvalue weighted by molar-refractivity contribution is -0.137. The average molecular weight is 443 g/mol. The van der Waals surface area contributed by atoms with Crippen molar-refractivity contribution in [3.8, 4) is 11.1 Å². The molecule has 0 radical (unpaired) electrons. The van der Waals surface area contributed by atoms with Crippen molar-refractivity contribution in [2.24, 2.45) is 5.90 Å². The van der Waals surface area contributed by atoms with Gasteiger partial charge in [-0.2, -0.15) is 0 Å². The highest BCUT2D eigenvalue weighted by molar-refractivity contribution is 6.33. The van der Waals surface area contributed by atoms with Crippen molar-refractivity contribution >= 4 is 29.2 Å². The zero-order chi connectivity index (χ0) is 22.5. The van der Waals surface area contributed by atoms with Gasteiger partial charge in [0.25, 0.3) is 0 Å². The highest BCUT2D eigenvalue weighted by Gasteiger charge is 2.13. The second-order valence-electron chi connectivity index (χ2n) is 6.78. The largest absolute Gasteiger partial charge is 0.481 e. The molecule has 2 heterocycles. The highest BCUT2D eigenvalue weighted by Crippen LogP contribution is 2.31. The van der Waals surface area contributed by atoms with Gasteiger partial charge in [0.05, 0.1) is 0 Å². The summed E-state index contributed by atoms with van der Waals surface area (Å²) in [5.41, 5.74) is 1.97. The number of aromatic nitrogens is 2. The summed E-state index contributed by atoms with van der Waals surface area (Å²) in [6.07, 6.45) is 7.28. The van der Waals surface area contributed by atoms with Crippen molar-refractivity contribution in [3.05, 3.63) is 72.0 Å². The van der Waals surface area contributed by atoms with Crippen molar-refractivity contribution in [3.63, 3.8) is 0 Å². The summed E-state index contributed by atoms with van der Waals surface area (Å²) < 4.78 is 0. The number of hydrogen-bond acceptors (Lipinski definition) is 6. The Morgan fingerprint density at radius 1 is 0.903 bits per heavy atom. The van der Waals surface area contributed by atoms with Gasteiger partial charge >= 0.3 is 5.97 Å². The normalized spacial score (nSPS) is 10.2. The molecule has 0 unspecified atom stereocenters. The summed E-state index contributed by atoms with van der Waals surface area (Å²) >= 11 is 6.37. The molecule has 7 nitrogen and oxygen atoms in total. The van der Waals surface area contributed by atoms with Crippen molar-refractivity contribution in [1.29, 1.82) is 0 Å². The van der Waals surface area contributed by atoms with Crippen LogP contribution in [0.15, 0.2) is 67.0 Å². The van der Waals surface area contributed by atoms with Crippen LogP contribution in [0.5, 0.6) is 0 Å². The maximum Gasteiger partial charge on any atom is 0.303 e. The molecule has 3 aromatic rings. The molecule has 0 atom stereocenters. The molecule has 1 aromatic carbocycles. The Morgan fingerprint density at radius 2 is 1.61 bits per heavy atom. The number of carboxylic acids is 1. The molecule has 0 aliphatic heterocycles. The third-order valence-electron chi connectivity index (χ3n) is 4.66. The smallest absolute Gasteiger partial charge is 0.303 e. The Balaban J connectivity index is 0.00000166. The van der Waals surface area contributed by atoms with Gasteiger partial charge in [-0.1, -0.05) is 48.7 Å². The molecule has 0 aliphatic rings. The van der Waals surface area contributed by atoms with Crippen LogP contribution in [0.4, 0.5) is 11.6 Å². The van der Waals surface area contributed by atoms with Gasteiger partial charge in [0, 0.05) is 35.9 Å². The van der Waals surface area contributed by atoms with Gasteiger partial charge in [0.1, 0.15) is 11.6 Å². The Labute approximate surface area is 187 Å². The first-order chi connectivity index (χ1) is 15.1. The Morgan fingerprint density at radius 3 is 2.32 bits per heavy atom. The molecule has 3 rings (SSSR count). The van der Waals surface area contributed by atoms with Crippen LogP contribution < -0.4 is 10.8 Å². The standard InChI is InChI=1S/C23H24ClN3O2.H3NO/c24-20-10-5-4-9-19(20)18-13-15-26-22(17-18)27(21-11-6-7-14-25-21)16-8-2-1-3-12-23(28)29;1-2/h4-7,9-11,13-15,17H,1-3,8,12,16H2,(H,28,29);2H,1H2. The summed E-state index contributed by atoms with van der Waals surface area (Å²) in [5.74, 6) is 4.41. The second-order valence-corrected chi connectivity index (χ2v) is 7.19. The number of aliphatic carboxylic acids is 1. The third-order valence-corrected chi connectivity index (χ3v) is 4.98. The number of hydrogen-bond donors (Lipinski definition) is 3. The first kappa shape index (κ1) is 24.3. The van der Waals surface area contributed by atoms with Gasteiger partial charge in [-0.3, -0.25) is 4.79 Å². The molecule has 0 saturated carbocycles. The Hall–Kier alpha value is -3.00. The predicted molar refractivity (Wildman–Crippen MR) is 123 cm³/mol. The number of carbonyl (C=O) groups is 1. The van der Waals surface area contributed by atoms with Gasteiger partial charge in [-0.05, 0) is 48.7 Å². The van der Waals surface area contributed by atoms with Crippen LogP contribution in [-0.2, 0) is 4.79 Å². The number of rotatable bonds is 10. The number of benzene rings is 1. The molecule has 164 valence electrons. The van der Waals surface area contributed by atoms with Crippen molar-refractivity contribution < 1.29 is 15.1 Å². The molecule has 8 heteroatoms. The fourth-order valence-electron chi connectivity index (χ4n) is 3.19.